The van der Waals surface area contributed by atoms with Crippen molar-refractivity contribution in [1.29, 1.82) is 0 Å². The Kier molecular flexibility index (Phi) is 11.5. The lowest BCUT2D eigenvalue weighted by Crippen LogP contribution is -2.48. The smallest absolute Gasteiger partial charge is 0.251 e. The maximum Gasteiger partial charge on any atom is 0.251 e. The molecule has 2 amide bonds. The van der Waals surface area contributed by atoms with Gasteiger partial charge in [-0.25, -0.2) is 0 Å². The summed E-state index contributed by atoms with van der Waals surface area (Å²) < 4.78 is 5.29. The molecule has 0 saturated heterocycles. The molecule has 3 aromatic rings. The first-order valence-corrected chi connectivity index (χ1v) is 13.6. The highest BCUT2D eigenvalue weighted by atomic mass is 16.5. The SMILES string of the molecule is CCCN(C(=O)CC)c1cc(C)cc(C(=O)NC(Cc2ccccc2)C(O)CNCc2cccc(OC)c2)c1. The summed E-state index contributed by atoms with van der Waals surface area (Å²) >= 11 is 0. The van der Waals surface area contributed by atoms with Crippen LogP contribution in [-0.2, 0) is 17.8 Å². The first-order valence-electron chi connectivity index (χ1n) is 13.6. The van der Waals surface area contributed by atoms with E-state index in [0.717, 1.165) is 28.9 Å². The molecule has 0 fully saturated rings. The number of methoxy groups -OCH3 is 1. The summed E-state index contributed by atoms with van der Waals surface area (Å²) in [7, 11) is 1.63. The Labute approximate surface area is 232 Å². The summed E-state index contributed by atoms with van der Waals surface area (Å²) in [5.41, 5.74) is 4.12. The van der Waals surface area contributed by atoms with Gasteiger partial charge in [0.05, 0.1) is 19.3 Å². The van der Waals surface area contributed by atoms with E-state index in [1.54, 1.807) is 18.1 Å². The molecule has 39 heavy (non-hydrogen) atoms. The second-order valence-corrected chi connectivity index (χ2v) is 9.78. The predicted molar refractivity (Wildman–Crippen MR) is 156 cm³/mol. The zero-order chi connectivity index (χ0) is 28.2. The molecule has 7 heteroatoms. The Morgan fingerprint density at radius 3 is 2.41 bits per heavy atom. The van der Waals surface area contributed by atoms with Gasteiger partial charge in [-0.1, -0.05) is 56.3 Å². The highest BCUT2D eigenvalue weighted by Gasteiger charge is 2.23. The van der Waals surface area contributed by atoms with Gasteiger partial charge in [-0.3, -0.25) is 9.59 Å². The Balaban J connectivity index is 1.76. The molecule has 3 N–H and O–H groups in total. The molecule has 0 heterocycles. The Hall–Kier alpha value is -3.68. The second kappa shape index (κ2) is 15.0. The molecule has 3 rings (SSSR count). The van der Waals surface area contributed by atoms with Crippen molar-refractivity contribution in [2.45, 2.75) is 58.7 Å². The largest absolute Gasteiger partial charge is 0.497 e. The molecule has 0 spiro atoms. The second-order valence-electron chi connectivity index (χ2n) is 9.78. The first kappa shape index (κ1) is 29.9. The van der Waals surface area contributed by atoms with Crippen LogP contribution in [0.1, 0.15) is 53.7 Å². The Morgan fingerprint density at radius 2 is 1.72 bits per heavy atom. The van der Waals surface area contributed by atoms with Crippen LogP contribution >= 0.6 is 0 Å². The third-order valence-electron chi connectivity index (χ3n) is 6.58. The van der Waals surface area contributed by atoms with Crippen LogP contribution in [0.3, 0.4) is 0 Å². The molecule has 7 nitrogen and oxygen atoms in total. The molecule has 2 atom stereocenters. The summed E-state index contributed by atoms with van der Waals surface area (Å²) in [5, 5.41) is 17.5. The minimum Gasteiger partial charge on any atom is -0.497 e. The third kappa shape index (κ3) is 8.94. The maximum absolute atomic E-state index is 13.5. The van der Waals surface area contributed by atoms with Gasteiger partial charge in [0.15, 0.2) is 0 Å². The van der Waals surface area contributed by atoms with Crippen LogP contribution in [0.5, 0.6) is 5.75 Å². The van der Waals surface area contributed by atoms with Gasteiger partial charge in [-0.2, -0.15) is 0 Å². The molecular formula is C32H41N3O4. The van der Waals surface area contributed by atoms with Crippen molar-refractivity contribution < 1.29 is 19.4 Å². The van der Waals surface area contributed by atoms with E-state index in [0.29, 0.717) is 43.7 Å². The predicted octanol–water partition coefficient (Wildman–Crippen LogP) is 4.65. The number of nitrogens with zero attached hydrogens (tertiary/aromatic N) is 1. The van der Waals surface area contributed by atoms with Crippen molar-refractivity contribution in [3.63, 3.8) is 0 Å². The molecule has 0 saturated carbocycles. The van der Waals surface area contributed by atoms with Crippen molar-refractivity contribution in [3.05, 3.63) is 95.1 Å². The zero-order valence-electron chi connectivity index (χ0n) is 23.4. The lowest BCUT2D eigenvalue weighted by atomic mass is 10.00. The average molecular weight is 532 g/mol. The summed E-state index contributed by atoms with van der Waals surface area (Å²) in [5.74, 6) is 0.515. The van der Waals surface area contributed by atoms with Gasteiger partial charge in [0.25, 0.3) is 5.91 Å². The van der Waals surface area contributed by atoms with Crippen LogP contribution in [0.4, 0.5) is 5.69 Å². The number of ether oxygens (including phenoxy) is 1. The van der Waals surface area contributed by atoms with E-state index in [-0.39, 0.29) is 11.8 Å². The number of nitrogens with one attached hydrogen (secondary N) is 2. The highest BCUT2D eigenvalue weighted by Crippen LogP contribution is 2.21. The topological polar surface area (TPSA) is 90.9 Å². The molecule has 3 aromatic carbocycles. The van der Waals surface area contributed by atoms with Crippen molar-refractivity contribution >= 4 is 17.5 Å². The fourth-order valence-corrected chi connectivity index (χ4v) is 4.55. The van der Waals surface area contributed by atoms with Crippen molar-refractivity contribution in [3.8, 4) is 5.75 Å². The number of rotatable bonds is 14. The number of benzene rings is 3. The van der Waals surface area contributed by atoms with Gasteiger partial charge < -0.3 is 25.4 Å². The molecule has 208 valence electrons. The van der Waals surface area contributed by atoms with Gasteiger partial charge in [-0.05, 0) is 66.8 Å². The third-order valence-corrected chi connectivity index (χ3v) is 6.58. The number of carbonyl (C=O) groups is 2. The van der Waals surface area contributed by atoms with E-state index in [1.165, 1.54) is 0 Å². The van der Waals surface area contributed by atoms with Gasteiger partial charge in [0.1, 0.15) is 5.75 Å². The quantitative estimate of drug-likeness (QED) is 0.282. The van der Waals surface area contributed by atoms with Gasteiger partial charge in [0.2, 0.25) is 5.91 Å². The number of aliphatic hydroxyl groups is 1. The zero-order valence-corrected chi connectivity index (χ0v) is 23.4. The molecule has 0 radical (unpaired) electrons. The molecule has 0 aliphatic carbocycles. The number of amides is 2. The van der Waals surface area contributed by atoms with Crippen LogP contribution in [0.2, 0.25) is 0 Å². The monoisotopic (exact) mass is 531 g/mol. The van der Waals surface area contributed by atoms with E-state index in [2.05, 4.69) is 10.6 Å². The van der Waals surface area contributed by atoms with Crippen LogP contribution < -0.4 is 20.3 Å². The van der Waals surface area contributed by atoms with Crippen molar-refractivity contribution in [2.24, 2.45) is 0 Å². The normalized spacial score (nSPS) is 12.4. The van der Waals surface area contributed by atoms with Crippen LogP contribution in [-0.4, -0.2) is 49.3 Å². The number of aliphatic hydroxyl groups excluding tert-OH is 1. The molecule has 2 unspecified atom stereocenters. The van der Waals surface area contributed by atoms with E-state index >= 15 is 0 Å². The molecule has 0 aromatic heterocycles. The van der Waals surface area contributed by atoms with Gasteiger partial charge in [0, 0.05) is 37.3 Å². The van der Waals surface area contributed by atoms with Crippen LogP contribution in [0, 0.1) is 6.92 Å². The summed E-state index contributed by atoms with van der Waals surface area (Å²) in [6.45, 7) is 7.22. The number of hydrogen-bond acceptors (Lipinski definition) is 5. The van der Waals surface area contributed by atoms with E-state index in [4.69, 9.17) is 4.74 Å². The van der Waals surface area contributed by atoms with Gasteiger partial charge >= 0.3 is 0 Å². The number of aryl methyl sites for hydroxylation is 1. The van der Waals surface area contributed by atoms with Gasteiger partial charge in [-0.15, -0.1) is 0 Å². The van der Waals surface area contributed by atoms with Crippen LogP contribution in [0.15, 0.2) is 72.8 Å². The molecule has 0 bridgehead atoms. The number of anilines is 1. The first-order chi connectivity index (χ1) is 18.8. The fraction of sp³-hybridized carbons (Fsp3) is 0.375. The minimum absolute atomic E-state index is 0.0216. The van der Waals surface area contributed by atoms with E-state index < -0.39 is 12.1 Å². The highest BCUT2D eigenvalue weighted by molar-refractivity contribution is 5.98. The molecule has 0 aliphatic rings. The number of carbonyl (C=O) groups excluding carboxylic acids is 2. The van der Waals surface area contributed by atoms with Crippen molar-refractivity contribution in [1.82, 2.24) is 10.6 Å². The van der Waals surface area contributed by atoms with Crippen molar-refractivity contribution in [2.75, 3.05) is 25.1 Å². The molecule has 0 aliphatic heterocycles. The number of hydrogen-bond donors (Lipinski definition) is 3. The Morgan fingerprint density at radius 1 is 0.974 bits per heavy atom. The maximum atomic E-state index is 13.5. The fourth-order valence-electron chi connectivity index (χ4n) is 4.55. The molecular weight excluding hydrogens is 490 g/mol. The van der Waals surface area contributed by atoms with E-state index in [1.807, 2.05) is 87.5 Å². The summed E-state index contributed by atoms with van der Waals surface area (Å²) in [4.78, 5) is 27.8. The lowest BCUT2D eigenvalue weighted by Gasteiger charge is -2.26. The summed E-state index contributed by atoms with van der Waals surface area (Å²) in [6, 6.07) is 22.5. The summed E-state index contributed by atoms with van der Waals surface area (Å²) in [6.07, 6.45) is 0.852. The van der Waals surface area contributed by atoms with E-state index in [9.17, 15) is 14.7 Å². The van der Waals surface area contributed by atoms with Crippen LogP contribution in [0.25, 0.3) is 0 Å². The minimum atomic E-state index is -0.831. The average Bonchev–Trinajstić information content (AvgIpc) is 2.95. The lowest BCUT2D eigenvalue weighted by molar-refractivity contribution is -0.118. The Bertz CT molecular complexity index is 1220. The standard InChI is InChI=1S/C32H41N3O4/c1-5-15-35(31(37)6-2)27-17-23(3)16-26(20-27)32(38)34-29(19-24-11-8-7-9-12-24)30(36)22-33-21-25-13-10-14-28(18-25)39-4/h7-14,16-18,20,29-30,33,36H,5-6,15,19,21-22H2,1-4H3,(H,34,38).